The number of halogens is 1. The first-order valence-corrected chi connectivity index (χ1v) is 7.22. The Labute approximate surface area is 131 Å². The molecular formula is C16H14BrN3O. The third-order valence-corrected chi connectivity index (χ3v) is 3.55. The van der Waals surface area contributed by atoms with E-state index < -0.39 is 0 Å². The average Bonchev–Trinajstić information content (AvgIpc) is 2.48. The predicted octanol–water partition coefficient (Wildman–Crippen LogP) is 3.47. The molecule has 0 aromatic heterocycles. The highest BCUT2D eigenvalue weighted by molar-refractivity contribution is 9.10. The van der Waals surface area contributed by atoms with Gasteiger partial charge in [0.2, 0.25) is 5.91 Å². The van der Waals surface area contributed by atoms with Crippen molar-refractivity contribution >= 4 is 33.2 Å². The van der Waals surface area contributed by atoms with Crippen molar-refractivity contribution in [3.8, 4) is 6.07 Å². The van der Waals surface area contributed by atoms with Crippen LogP contribution in [0.3, 0.4) is 0 Å². The maximum Gasteiger partial charge on any atom is 0.224 e. The minimum Gasteiger partial charge on any atom is -0.399 e. The third-order valence-electron chi connectivity index (χ3n) is 3.05. The first kappa shape index (κ1) is 15.1. The van der Waals surface area contributed by atoms with E-state index in [2.05, 4.69) is 27.3 Å². The van der Waals surface area contributed by atoms with E-state index in [4.69, 9.17) is 11.0 Å². The number of hydrogen-bond acceptors (Lipinski definition) is 3. The van der Waals surface area contributed by atoms with E-state index in [0.29, 0.717) is 29.8 Å². The van der Waals surface area contributed by atoms with Crippen molar-refractivity contribution < 1.29 is 4.79 Å². The number of rotatable bonds is 4. The van der Waals surface area contributed by atoms with E-state index in [1.165, 1.54) is 0 Å². The van der Waals surface area contributed by atoms with Gasteiger partial charge in [-0.2, -0.15) is 5.26 Å². The molecule has 0 fully saturated rings. The zero-order valence-corrected chi connectivity index (χ0v) is 12.9. The number of hydrogen-bond donors (Lipinski definition) is 2. The summed E-state index contributed by atoms with van der Waals surface area (Å²) >= 11 is 3.29. The quantitative estimate of drug-likeness (QED) is 0.834. The fraction of sp³-hybridized carbons (Fsp3) is 0.125. The van der Waals surface area contributed by atoms with Gasteiger partial charge in [-0.15, -0.1) is 0 Å². The van der Waals surface area contributed by atoms with Gasteiger partial charge in [-0.05, 0) is 36.2 Å². The number of anilines is 2. The van der Waals surface area contributed by atoms with Crippen molar-refractivity contribution in [3.63, 3.8) is 0 Å². The number of nitrogens with one attached hydrogen (secondary N) is 1. The molecule has 0 spiro atoms. The van der Waals surface area contributed by atoms with E-state index in [1.807, 2.05) is 24.3 Å². The molecule has 1 amide bonds. The van der Waals surface area contributed by atoms with E-state index in [1.54, 1.807) is 18.2 Å². The number of nitrogen functional groups attached to an aromatic ring is 1. The molecular weight excluding hydrogens is 330 g/mol. The molecule has 4 nitrogen and oxygen atoms in total. The molecule has 106 valence electrons. The first-order chi connectivity index (χ1) is 10.1. The van der Waals surface area contributed by atoms with Crippen molar-refractivity contribution in [2.24, 2.45) is 0 Å². The number of nitrogens with two attached hydrogens (primary N) is 1. The van der Waals surface area contributed by atoms with Crippen LogP contribution in [0, 0.1) is 11.3 Å². The molecule has 3 N–H and O–H groups in total. The second-order valence-corrected chi connectivity index (χ2v) is 5.46. The highest BCUT2D eigenvalue weighted by Gasteiger charge is 2.08. The molecule has 2 rings (SSSR count). The van der Waals surface area contributed by atoms with E-state index in [9.17, 15) is 4.79 Å². The number of nitriles is 1. The van der Waals surface area contributed by atoms with Crippen LogP contribution in [0.15, 0.2) is 46.9 Å². The van der Waals surface area contributed by atoms with Gasteiger partial charge in [0.15, 0.2) is 0 Å². The van der Waals surface area contributed by atoms with Gasteiger partial charge in [0.25, 0.3) is 0 Å². The van der Waals surface area contributed by atoms with Gasteiger partial charge >= 0.3 is 0 Å². The molecule has 5 heteroatoms. The topological polar surface area (TPSA) is 78.9 Å². The van der Waals surface area contributed by atoms with Gasteiger partial charge < -0.3 is 11.1 Å². The molecule has 0 atom stereocenters. The average molecular weight is 344 g/mol. The van der Waals surface area contributed by atoms with Gasteiger partial charge in [0.05, 0.1) is 11.3 Å². The summed E-state index contributed by atoms with van der Waals surface area (Å²) in [5.41, 5.74) is 8.42. The molecule has 0 saturated heterocycles. The number of carbonyl (C=O) groups is 1. The van der Waals surface area contributed by atoms with Crippen LogP contribution < -0.4 is 11.1 Å². The Balaban J connectivity index is 2.00. The second kappa shape index (κ2) is 6.91. The van der Waals surface area contributed by atoms with Gasteiger partial charge in [0.1, 0.15) is 6.07 Å². The van der Waals surface area contributed by atoms with E-state index in [-0.39, 0.29) is 5.91 Å². The van der Waals surface area contributed by atoms with E-state index in [0.717, 1.165) is 10.0 Å². The highest BCUT2D eigenvalue weighted by Crippen LogP contribution is 2.21. The summed E-state index contributed by atoms with van der Waals surface area (Å²) in [5.74, 6) is -0.142. The van der Waals surface area contributed by atoms with Crippen LogP contribution in [-0.2, 0) is 11.2 Å². The summed E-state index contributed by atoms with van der Waals surface area (Å²) in [5, 5.41) is 11.8. The molecule has 0 radical (unpaired) electrons. The van der Waals surface area contributed by atoms with Gasteiger partial charge in [-0.25, -0.2) is 0 Å². The SMILES string of the molecule is N#Cc1cc(Br)ccc1NC(=O)CCc1ccccc1N. The van der Waals surface area contributed by atoms with Gasteiger partial charge in [-0.3, -0.25) is 4.79 Å². The molecule has 0 aliphatic heterocycles. The number of nitrogens with zero attached hydrogens (tertiary/aromatic N) is 1. The van der Waals surface area contributed by atoms with Crippen molar-refractivity contribution in [1.29, 1.82) is 5.26 Å². The van der Waals surface area contributed by atoms with Crippen LogP contribution in [0.5, 0.6) is 0 Å². The molecule has 0 aliphatic rings. The maximum atomic E-state index is 12.0. The van der Waals surface area contributed by atoms with Gasteiger partial charge in [0, 0.05) is 16.6 Å². The smallest absolute Gasteiger partial charge is 0.224 e. The lowest BCUT2D eigenvalue weighted by molar-refractivity contribution is -0.116. The Hall–Kier alpha value is -2.32. The fourth-order valence-corrected chi connectivity index (χ4v) is 2.30. The van der Waals surface area contributed by atoms with Crippen LogP contribution in [0.25, 0.3) is 0 Å². The summed E-state index contributed by atoms with van der Waals surface area (Å²) in [6.07, 6.45) is 0.881. The maximum absolute atomic E-state index is 12.0. The molecule has 21 heavy (non-hydrogen) atoms. The molecule has 0 unspecified atom stereocenters. The van der Waals surface area contributed by atoms with Crippen molar-refractivity contribution in [2.75, 3.05) is 11.1 Å². The lowest BCUT2D eigenvalue weighted by Gasteiger charge is -2.08. The lowest BCUT2D eigenvalue weighted by Crippen LogP contribution is -2.13. The Bertz CT molecular complexity index is 707. The zero-order chi connectivity index (χ0) is 15.2. The van der Waals surface area contributed by atoms with Crippen LogP contribution in [-0.4, -0.2) is 5.91 Å². The normalized spacial score (nSPS) is 9.90. The van der Waals surface area contributed by atoms with Crippen LogP contribution in [0.2, 0.25) is 0 Å². The third kappa shape index (κ3) is 4.07. The Morgan fingerprint density at radius 3 is 2.76 bits per heavy atom. The van der Waals surface area contributed by atoms with Crippen LogP contribution >= 0.6 is 15.9 Å². The summed E-state index contributed by atoms with van der Waals surface area (Å²) in [6, 6.07) is 14.7. The number of para-hydroxylation sites is 1. The number of aryl methyl sites for hydroxylation is 1. The molecule has 0 aliphatic carbocycles. The monoisotopic (exact) mass is 343 g/mol. The minimum atomic E-state index is -0.142. The fourth-order valence-electron chi connectivity index (χ4n) is 1.94. The molecule has 0 heterocycles. The van der Waals surface area contributed by atoms with Gasteiger partial charge in [-0.1, -0.05) is 34.1 Å². The molecule has 0 saturated carbocycles. The highest BCUT2D eigenvalue weighted by atomic mass is 79.9. The Morgan fingerprint density at radius 2 is 2.05 bits per heavy atom. The zero-order valence-electron chi connectivity index (χ0n) is 11.3. The summed E-state index contributed by atoms with van der Waals surface area (Å²) in [7, 11) is 0. The van der Waals surface area contributed by atoms with Crippen molar-refractivity contribution in [2.45, 2.75) is 12.8 Å². The number of carbonyl (C=O) groups excluding carboxylic acids is 1. The minimum absolute atomic E-state index is 0.142. The Morgan fingerprint density at radius 1 is 1.29 bits per heavy atom. The molecule has 0 bridgehead atoms. The van der Waals surface area contributed by atoms with Crippen molar-refractivity contribution in [3.05, 3.63) is 58.1 Å². The largest absolute Gasteiger partial charge is 0.399 e. The predicted molar refractivity (Wildman–Crippen MR) is 86.7 cm³/mol. The number of amides is 1. The standard InChI is InChI=1S/C16H14BrN3O/c17-13-6-7-15(12(9-13)10-18)20-16(21)8-5-11-3-1-2-4-14(11)19/h1-4,6-7,9H,5,8,19H2,(H,20,21). The molecule has 2 aromatic rings. The van der Waals surface area contributed by atoms with Crippen molar-refractivity contribution in [1.82, 2.24) is 0 Å². The van der Waals surface area contributed by atoms with E-state index >= 15 is 0 Å². The Kier molecular flexibility index (Phi) is 4.96. The lowest BCUT2D eigenvalue weighted by atomic mass is 10.1. The van der Waals surface area contributed by atoms with Crippen LogP contribution in [0.4, 0.5) is 11.4 Å². The van der Waals surface area contributed by atoms with Crippen LogP contribution in [0.1, 0.15) is 17.5 Å². The summed E-state index contributed by atoms with van der Waals surface area (Å²) < 4.78 is 0.800. The first-order valence-electron chi connectivity index (χ1n) is 6.43. The summed E-state index contributed by atoms with van der Waals surface area (Å²) in [6.45, 7) is 0. The molecule has 2 aromatic carbocycles. The number of benzene rings is 2. The summed E-state index contributed by atoms with van der Waals surface area (Å²) in [4.78, 5) is 12.0. The second-order valence-electron chi connectivity index (χ2n) is 4.55.